The number of aromatic amines is 2. The summed E-state index contributed by atoms with van der Waals surface area (Å²) in [4.78, 5) is 42.6. The van der Waals surface area contributed by atoms with Gasteiger partial charge in [-0.2, -0.15) is 0 Å². The molecule has 0 saturated heterocycles. The zero-order chi connectivity index (χ0) is 20.3. The molecule has 0 aliphatic heterocycles. The normalized spacial score (nSPS) is 11.5. The van der Waals surface area contributed by atoms with Gasteiger partial charge < -0.3 is 14.5 Å². The van der Waals surface area contributed by atoms with E-state index in [1.54, 1.807) is 19.3 Å². The summed E-state index contributed by atoms with van der Waals surface area (Å²) < 4.78 is 4.47. The van der Waals surface area contributed by atoms with Crippen LogP contribution in [-0.2, 0) is 14.1 Å². The van der Waals surface area contributed by atoms with Crippen LogP contribution >= 0.6 is 0 Å². The molecule has 0 radical (unpaired) electrons. The van der Waals surface area contributed by atoms with Crippen LogP contribution in [0.3, 0.4) is 0 Å². The van der Waals surface area contributed by atoms with E-state index in [0.29, 0.717) is 27.6 Å². The van der Waals surface area contributed by atoms with Crippen molar-refractivity contribution in [3.05, 3.63) is 86.1 Å². The van der Waals surface area contributed by atoms with Gasteiger partial charge >= 0.3 is 11.4 Å². The molecule has 29 heavy (non-hydrogen) atoms. The lowest BCUT2D eigenvalue weighted by molar-refractivity contribution is 0.714. The van der Waals surface area contributed by atoms with Gasteiger partial charge in [0.25, 0.3) is 5.56 Å². The molecule has 3 heterocycles. The number of rotatable bonds is 2. The number of hydrogen-bond acceptors (Lipinski definition) is 3. The topological polar surface area (TPSA) is 97.6 Å². The highest BCUT2D eigenvalue weighted by atomic mass is 16.2. The highest BCUT2D eigenvalue weighted by molar-refractivity contribution is 5.95. The molecule has 0 unspecified atom stereocenters. The van der Waals surface area contributed by atoms with Gasteiger partial charge in [0.2, 0.25) is 0 Å². The predicted molar refractivity (Wildman–Crippen MR) is 112 cm³/mol. The highest BCUT2D eigenvalue weighted by Crippen LogP contribution is 2.31. The molecule has 5 rings (SSSR count). The molecule has 8 nitrogen and oxygen atoms in total. The number of aromatic nitrogens is 5. The molecule has 0 atom stereocenters. The third-order valence-electron chi connectivity index (χ3n) is 5.26. The second kappa shape index (κ2) is 5.96. The van der Waals surface area contributed by atoms with Crippen molar-refractivity contribution in [2.75, 3.05) is 0 Å². The van der Waals surface area contributed by atoms with Crippen molar-refractivity contribution in [2.45, 2.75) is 0 Å². The average Bonchev–Trinajstić information content (AvgIpc) is 3.30. The number of nitrogens with one attached hydrogen (secondary N) is 2. The van der Waals surface area contributed by atoms with E-state index < -0.39 is 0 Å². The van der Waals surface area contributed by atoms with Crippen molar-refractivity contribution in [3.8, 4) is 16.9 Å². The first kappa shape index (κ1) is 17.1. The Morgan fingerprint density at radius 3 is 2.31 bits per heavy atom. The highest BCUT2D eigenvalue weighted by Gasteiger charge is 2.20. The Bertz CT molecular complexity index is 1580. The smallest absolute Gasteiger partial charge is 0.314 e. The molecule has 0 fully saturated rings. The van der Waals surface area contributed by atoms with Crippen LogP contribution in [-0.4, -0.2) is 23.7 Å². The van der Waals surface area contributed by atoms with Crippen molar-refractivity contribution in [3.63, 3.8) is 0 Å². The summed E-state index contributed by atoms with van der Waals surface area (Å²) in [7, 11) is 3.13. The number of imidazole rings is 1. The van der Waals surface area contributed by atoms with Gasteiger partial charge in [0.15, 0.2) is 0 Å². The van der Waals surface area contributed by atoms with Crippen molar-refractivity contribution < 1.29 is 0 Å². The SMILES string of the molecule is Cn1c(=O)c2c(-c3ccccc3)n(-c3ccc4[nH]c(=O)[nH]c4c3)cc2n(C)c1=O. The second-order valence-electron chi connectivity index (χ2n) is 6.99. The van der Waals surface area contributed by atoms with E-state index in [1.165, 1.54) is 11.6 Å². The van der Waals surface area contributed by atoms with E-state index in [4.69, 9.17) is 0 Å². The van der Waals surface area contributed by atoms with Crippen LogP contribution in [0.15, 0.2) is 69.1 Å². The number of fused-ring (bicyclic) bond motifs is 2. The van der Waals surface area contributed by atoms with E-state index in [2.05, 4.69) is 9.97 Å². The zero-order valence-corrected chi connectivity index (χ0v) is 15.8. The Morgan fingerprint density at radius 2 is 1.55 bits per heavy atom. The van der Waals surface area contributed by atoms with Crippen LogP contribution in [0.1, 0.15) is 0 Å². The van der Waals surface area contributed by atoms with Crippen LogP contribution in [0, 0.1) is 0 Å². The molecular weight excluding hydrogens is 370 g/mol. The van der Waals surface area contributed by atoms with Gasteiger partial charge in [-0.1, -0.05) is 30.3 Å². The third-order valence-corrected chi connectivity index (χ3v) is 5.26. The molecule has 2 N–H and O–H groups in total. The number of benzene rings is 2. The summed E-state index contributed by atoms with van der Waals surface area (Å²) in [6.45, 7) is 0. The van der Waals surface area contributed by atoms with Crippen molar-refractivity contribution in [1.82, 2.24) is 23.7 Å². The summed E-state index contributed by atoms with van der Waals surface area (Å²) in [5, 5.41) is 0.462. The molecule has 0 amide bonds. The minimum atomic E-state index is -0.385. The van der Waals surface area contributed by atoms with Crippen LogP contribution < -0.4 is 16.9 Å². The molecule has 8 heteroatoms. The van der Waals surface area contributed by atoms with Gasteiger partial charge in [0.05, 0.1) is 27.6 Å². The summed E-state index contributed by atoms with van der Waals surface area (Å²) >= 11 is 0. The molecule has 0 spiro atoms. The fourth-order valence-corrected chi connectivity index (χ4v) is 3.79. The Morgan fingerprint density at radius 1 is 0.828 bits per heavy atom. The summed E-state index contributed by atoms with van der Waals surface area (Å²) in [5.74, 6) is 0. The third kappa shape index (κ3) is 2.42. The maximum absolute atomic E-state index is 13.0. The first-order valence-corrected chi connectivity index (χ1v) is 9.04. The quantitative estimate of drug-likeness (QED) is 0.484. The predicted octanol–water partition coefficient (Wildman–Crippen LogP) is 1.86. The molecule has 0 aliphatic carbocycles. The summed E-state index contributed by atoms with van der Waals surface area (Å²) in [6.07, 6.45) is 1.78. The summed E-state index contributed by atoms with van der Waals surface area (Å²) in [5.41, 5.74) is 3.17. The maximum Gasteiger partial charge on any atom is 0.330 e. The Balaban J connectivity index is 1.95. The molecule has 2 aromatic carbocycles. The largest absolute Gasteiger partial charge is 0.330 e. The lowest BCUT2D eigenvalue weighted by atomic mass is 10.1. The standard InChI is InChI=1S/C21H17N5O3/c1-24-16-11-26(13-8-9-14-15(10-13)23-20(28)22-14)18(12-6-4-3-5-7-12)17(16)19(27)25(2)21(24)29/h3-11H,1-2H3,(H2,22,23,28). The summed E-state index contributed by atoms with van der Waals surface area (Å²) in [6, 6.07) is 15.1. The van der Waals surface area contributed by atoms with Crippen molar-refractivity contribution in [1.29, 1.82) is 0 Å². The number of H-pyrrole nitrogens is 2. The van der Waals surface area contributed by atoms with Gasteiger partial charge in [-0.15, -0.1) is 0 Å². The molecule has 0 aliphatic rings. The van der Waals surface area contributed by atoms with Gasteiger partial charge in [-0.05, 0) is 23.8 Å². The van der Waals surface area contributed by atoms with Crippen LogP contribution in [0.4, 0.5) is 0 Å². The Kier molecular flexibility index (Phi) is 3.51. The fraction of sp³-hybridized carbons (Fsp3) is 0.0952. The minimum Gasteiger partial charge on any atom is -0.314 e. The van der Waals surface area contributed by atoms with Gasteiger partial charge in [0.1, 0.15) is 0 Å². The van der Waals surface area contributed by atoms with Crippen molar-refractivity contribution in [2.24, 2.45) is 14.1 Å². The number of aryl methyl sites for hydroxylation is 1. The molecule has 0 bridgehead atoms. The first-order chi connectivity index (χ1) is 14.0. The fourth-order valence-electron chi connectivity index (χ4n) is 3.79. The molecule has 3 aromatic heterocycles. The average molecular weight is 387 g/mol. The van der Waals surface area contributed by atoms with Gasteiger partial charge in [-0.25, -0.2) is 9.59 Å². The zero-order valence-electron chi connectivity index (χ0n) is 15.8. The van der Waals surface area contributed by atoms with E-state index >= 15 is 0 Å². The number of hydrogen-bond donors (Lipinski definition) is 2. The minimum absolute atomic E-state index is 0.283. The maximum atomic E-state index is 13.0. The molecule has 144 valence electrons. The molecule has 0 saturated carbocycles. The van der Waals surface area contributed by atoms with E-state index in [-0.39, 0.29) is 16.9 Å². The number of nitrogens with zero attached hydrogens (tertiary/aromatic N) is 3. The lowest BCUT2D eigenvalue weighted by Gasteiger charge is -2.10. The van der Waals surface area contributed by atoms with E-state index in [1.807, 2.05) is 47.0 Å². The molecular formula is C21H17N5O3. The van der Waals surface area contributed by atoms with Gasteiger partial charge in [-0.3, -0.25) is 13.9 Å². The second-order valence-corrected chi connectivity index (χ2v) is 6.99. The van der Waals surface area contributed by atoms with Crippen LogP contribution in [0.2, 0.25) is 0 Å². The van der Waals surface area contributed by atoms with Gasteiger partial charge in [0, 0.05) is 26.0 Å². The van der Waals surface area contributed by atoms with Crippen LogP contribution in [0.25, 0.3) is 38.9 Å². The van der Waals surface area contributed by atoms with Crippen molar-refractivity contribution >= 4 is 21.9 Å². The monoisotopic (exact) mass is 387 g/mol. The molecule has 5 aromatic rings. The van der Waals surface area contributed by atoms with E-state index in [0.717, 1.165) is 15.8 Å². The Hall–Kier alpha value is -4.07. The lowest BCUT2D eigenvalue weighted by Crippen LogP contribution is -2.36. The van der Waals surface area contributed by atoms with Crippen LogP contribution in [0.5, 0.6) is 0 Å². The first-order valence-electron chi connectivity index (χ1n) is 9.04. The van der Waals surface area contributed by atoms with E-state index in [9.17, 15) is 14.4 Å². The Labute approximate surface area is 163 Å².